The second-order valence-electron chi connectivity index (χ2n) is 11.8. The van der Waals surface area contributed by atoms with Crippen molar-refractivity contribution in [3.63, 3.8) is 0 Å². The summed E-state index contributed by atoms with van der Waals surface area (Å²) in [7, 11) is 0. The van der Waals surface area contributed by atoms with Gasteiger partial charge in [0.05, 0.1) is 16.4 Å². The number of aromatic nitrogens is 2. The van der Waals surface area contributed by atoms with Crippen LogP contribution >= 0.6 is 11.6 Å². The molecular formula is C31H41ClN4O2. The van der Waals surface area contributed by atoms with Crippen LogP contribution in [0.4, 0.5) is 5.82 Å². The van der Waals surface area contributed by atoms with Crippen LogP contribution in [0.15, 0.2) is 54.6 Å². The number of hydrogen-bond donors (Lipinski definition) is 1. The summed E-state index contributed by atoms with van der Waals surface area (Å²) in [5.74, 6) is 0.0880. The van der Waals surface area contributed by atoms with Crippen LogP contribution in [0.3, 0.4) is 0 Å². The predicted molar refractivity (Wildman–Crippen MR) is 156 cm³/mol. The van der Waals surface area contributed by atoms with Crippen LogP contribution in [0.1, 0.15) is 89.3 Å². The van der Waals surface area contributed by atoms with E-state index in [4.69, 9.17) is 16.7 Å². The topological polar surface area (TPSA) is 67.2 Å². The first-order chi connectivity index (χ1) is 17.8. The normalized spacial score (nSPS) is 11.9. The van der Waals surface area contributed by atoms with Crippen molar-refractivity contribution in [1.29, 1.82) is 0 Å². The Morgan fingerprint density at radius 3 is 2.18 bits per heavy atom. The molecule has 2 aromatic carbocycles. The van der Waals surface area contributed by atoms with E-state index in [-0.39, 0.29) is 29.2 Å². The smallest absolute Gasteiger partial charge is 0.254 e. The number of anilines is 1. The van der Waals surface area contributed by atoms with Crippen molar-refractivity contribution in [1.82, 2.24) is 14.7 Å². The lowest BCUT2D eigenvalue weighted by Gasteiger charge is -2.23. The molecule has 204 valence electrons. The first kappa shape index (κ1) is 29.4. The van der Waals surface area contributed by atoms with Crippen molar-refractivity contribution in [2.75, 3.05) is 18.4 Å². The van der Waals surface area contributed by atoms with Crippen LogP contribution < -0.4 is 5.32 Å². The van der Waals surface area contributed by atoms with Gasteiger partial charge in [-0.3, -0.25) is 9.59 Å². The van der Waals surface area contributed by atoms with Gasteiger partial charge in [-0.1, -0.05) is 97.2 Å². The monoisotopic (exact) mass is 536 g/mol. The van der Waals surface area contributed by atoms with Crippen molar-refractivity contribution in [3.8, 4) is 5.69 Å². The molecule has 3 aromatic rings. The van der Waals surface area contributed by atoms with E-state index < -0.39 is 0 Å². The number of nitrogens with one attached hydrogen (secondary N) is 1. The SMILES string of the molecule is CCCCCN(CC(=O)Nc1cc(C(C)(C)C)nn1-c1ccccc1Cl)C(=O)c1ccc(C(C)(C)C)cc1. The summed E-state index contributed by atoms with van der Waals surface area (Å²) in [5.41, 5.74) is 3.01. The Bertz CT molecular complexity index is 1250. The molecule has 0 spiro atoms. The van der Waals surface area contributed by atoms with E-state index in [9.17, 15) is 9.59 Å². The van der Waals surface area contributed by atoms with Gasteiger partial charge in [-0.05, 0) is 41.7 Å². The summed E-state index contributed by atoms with van der Waals surface area (Å²) in [5, 5.41) is 8.28. The van der Waals surface area contributed by atoms with Crippen molar-refractivity contribution >= 4 is 29.2 Å². The number of amides is 2. The lowest BCUT2D eigenvalue weighted by Crippen LogP contribution is -2.39. The first-order valence-electron chi connectivity index (χ1n) is 13.4. The van der Waals surface area contributed by atoms with E-state index in [1.54, 1.807) is 15.6 Å². The summed E-state index contributed by atoms with van der Waals surface area (Å²) in [6.07, 6.45) is 2.85. The molecule has 0 fully saturated rings. The van der Waals surface area contributed by atoms with Gasteiger partial charge in [0, 0.05) is 23.6 Å². The molecule has 3 rings (SSSR count). The van der Waals surface area contributed by atoms with Gasteiger partial charge in [0.15, 0.2) is 0 Å². The molecule has 0 aliphatic heterocycles. The fraction of sp³-hybridized carbons (Fsp3) is 0.452. The van der Waals surface area contributed by atoms with E-state index in [0.717, 1.165) is 30.5 Å². The van der Waals surface area contributed by atoms with Crippen LogP contribution in [0.5, 0.6) is 0 Å². The molecule has 7 heteroatoms. The summed E-state index contributed by atoms with van der Waals surface area (Å²) in [4.78, 5) is 28.4. The maximum absolute atomic E-state index is 13.5. The fourth-order valence-corrected chi connectivity index (χ4v) is 4.32. The van der Waals surface area contributed by atoms with E-state index in [0.29, 0.717) is 28.6 Å². The Morgan fingerprint density at radius 2 is 1.61 bits per heavy atom. The molecular weight excluding hydrogens is 496 g/mol. The molecule has 0 saturated carbocycles. The van der Waals surface area contributed by atoms with Crippen LogP contribution in [0.25, 0.3) is 5.69 Å². The average Bonchev–Trinajstić information content (AvgIpc) is 3.27. The van der Waals surface area contributed by atoms with Gasteiger partial charge in [-0.15, -0.1) is 0 Å². The van der Waals surface area contributed by atoms with Crippen LogP contribution in [-0.4, -0.2) is 39.6 Å². The number of carbonyl (C=O) groups is 2. The van der Waals surface area contributed by atoms with Gasteiger partial charge >= 0.3 is 0 Å². The molecule has 0 aliphatic carbocycles. The van der Waals surface area contributed by atoms with Gasteiger partial charge in [0.2, 0.25) is 5.91 Å². The molecule has 0 atom stereocenters. The maximum Gasteiger partial charge on any atom is 0.254 e. The summed E-state index contributed by atoms with van der Waals surface area (Å²) in [6.45, 7) is 15.2. The Labute approximate surface area is 232 Å². The van der Waals surface area contributed by atoms with Gasteiger partial charge in [-0.25, -0.2) is 4.68 Å². The molecule has 1 heterocycles. The quantitative estimate of drug-likeness (QED) is 0.290. The lowest BCUT2D eigenvalue weighted by atomic mass is 9.86. The fourth-order valence-electron chi connectivity index (χ4n) is 4.10. The molecule has 0 aliphatic rings. The number of halogens is 1. The number of nitrogens with zero attached hydrogens (tertiary/aromatic N) is 3. The highest BCUT2D eigenvalue weighted by molar-refractivity contribution is 6.32. The Morgan fingerprint density at radius 1 is 0.947 bits per heavy atom. The molecule has 0 saturated heterocycles. The number of hydrogen-bond acceptors (Lipinski definition) is 3. The molecule has 6 nitrogen and oxygen atoms in total. The largest absolute Gasteiger partial charge is 0.329 e. The first-order valence-corrected chi connectivity index (χ1v) is 13.7. The third-order valence-corrected chi connectivity index (χ3v) is 6.80. The minimum atomic E-state index is -0.283. The number of unbranched alkanes of at least 4 members (excludes halogenated alkanes) is 2. The zero-order chi connectivity index (χ0) is 28.1. The highest BCUT2D eigenvalue weighted by atomic mass is 35.5. The number of carbonyl (C=O) groups excluding carboxylic acids is 2. The van der Waals surface area contributed by atoms with E-state index in [1.165, 1.54) is 0 Å². The van der Waals surface area contributed by atoms with Crippen molar-refractivity contribution in [3.05, 3.63) is 76.4 Å². The number of benzene rings is 2. The number of para-hydroxylation sites is 1. The summed E-state index contributed by atoms with van der Waals surface area (Å²) in [6, 6.07) is 17.0. The summed E-state index contributed by atoms with van der Waals surface area (Å²) < 4.78 is 1.66. The third-order valence-electron chi connectivity index (χ3n) is 6.48. The Hall–Kier alpha value is -3.12. The zero-order valence-corrected chi connectivity index (χ0v) is 24.5. The molecule has 2 amide bonds. The van der Waals surface area contributed by atoms with Crippen molar-refractivity contribution < 1.29 is 9.59 Å². The van der Waals surface area contributed by atoms with E-state index in [1.807, 2.05) is 48.5 Å². The highest BCUT2D eigenvalue weighted by Gasteiger charge is 2.24. The molecule has 38 heavy (non-hydrogen) atoms. The zero-order valence-electron chi connectivity index (χ0n) is 23.8. The van der Waals surface area contributed by atoms with Crippen LogP contribution in [0.2, 0.25) is 5.02 Å². The van der Waals surface area contributed by atoms with Gasteiger partial charge in [0.25, 0.3) is 5.91 Å². The van der Waals surface area contributed by atoms with Crippen molar-refractivity contribution in [2.45, 2.75) is 78.6 Å². The third kappa shape index (κ3) is 7.47. The second kappa shape index (κ2) is 12.2. The van der Waals surface area contributed by atoms with E-state index in [2.05, 4.69) is 53.8 Å². The number of rotatable bonds is 9. The molecule has 0 radical (unpaired) electrons. The Kier molecular flexibility index (Phi) is 9.42. The van der Waals surface area contributed by atoms with Crippen LogP contribution in [-0.2, 0) is 15.6 Å². The second-order valence-corrected chi connectivity index (χ2v) is 12.2. The highest BCUT2D eigenvalue weighted by Crippen LogP contribution is 2.29. The van der Waals surface area contributed by atoms with Gasteiger partial charge in [-0.2, -0.15) is 5.10 Å². The lowest BCUT2D eigenvalue weighted by molar-refractivity contribution is -0.117. The molecule has 0 bridgehead atoms. The molecule has 1 N–H and O–H groups in total. The standard InChI is InChI=1S/C31H41ClN4O2/c1-8-9-12-19-35(29(38)22-15-17-23(18-16-22)30(2,3)4)21-28(37)33-27-20-26(31(5,6)7)34-36(27)25-14-11-10-13-24(25)32/h10-11,13-18,20H,8-9,12,19,21H2,1-7H3,(H,33,37). The maximum atomic E-state index is 13.5. The van der Waals surface area contributed by atoms with Gasteiger partial charge < -0.3 is 10.2 Å². The summed E-state index contributed by atoms with van der Waals surface area (Å²) >= 11 is 6.47. The predicted octanol–water partition coefficient (Wildman–Crippen LogP) is 7.39. The van der Waals surface area contributed by atoms with E-state index >= 15 is 0 Å². The minimum Gasteiger partial charge on any atom is -0.329 e. The Balaban J connectivity index is 1.86. The van der Waals surface area contributed by atoms with Crippen molar-refractivity contribution in [2.24, 2.45) is 0 Å². The molecule has 1 aromatic heterocycles. The van der Waals surface area contributed by atoms with Gasteiger partial charge in [0.1, 0.15) is 12.4 Å². The molecule has 0 unspecified atom stereocenters. The average molecular weight is 537 g/mol. The van der Waals surface area contributed by atoms with Crippen LogP contribution in [0, 0.1) is 0 Å². The minimum absolute atomic E-state index is 0.00121.